The lowest BCUT2D eigenvalue weighted by Gasteiger charge is -2.17. The summed E-state index contributed by atoms with van der Waals surface area (Å²) in [5.41, 5.74) is 0.708. The number of anilines is 1. The van der Waals surface area contributed by atoms with Crippen molar-refractivity contribution in [1.29, 1.82) is 0 Å². The Morgan fingerprint density at radius 1 is 1.15 bits per heavy atom. The van der Waals surface area contributed by atoms with E-state index < -0.39 is 5.82 Å². The van der Waals surface area contributed by atoms with E-state index in [0.717, 1.165) is 0 Å². The minimum atomic E-state index is -0.525. The van der Waals surface area contributed by atoms with Gasteiger partial charge in [-0.3, -0.25) is 4.79 Å². The van der Waals surface area contributed by atoms with E-state index >= 15 is 0 Å². The van der Waals surface area contributed by atoms with Crippen molar-refractivity contribution in [1.82, 2.24) is 10.1 Å². The van der Waals surface area contributed by atoms with Crippen LogP contribution < -0.4 is 4.90 Å². The SMILES string of the molecule is O=C1CC(c2noc(-c3ccc(F)cc3)n2)CN1c1cc(Cl)ccc1F. The molecule has 4 rings (SSSR count). The molecule has 2 heterocycles. The Balaban J connectivity index is 1.58. The van der Waals surface area contributed by atoms with Crippen molar-refractivity contribution in [2.75, 3.05) is 11.4 Å². The summed E-state index contributed by atoms with van der Waals surface area (Å²) in [6, 6.07) is 9.70. The number of amides is 1. The van der Waals surface area contributed by atoms with Gasteiger partial charge in [-0.05, 0) is 42.5 Å². The zero-order valence-electron chi connectivity index (χ0n) is 13.3. The highest BCUT2D eigenvalue weighted by atomic mass is 35.5. The van der Waals surface area contributed by atoms with Crippen molar-refractivity contribution in [2.24, 2.45) is 0 Å². The molecule has 1 amide bonds. The molecular weight excluding hydrogens is 364 g/mol. The topological polar surface area (TPSA) is 59.2 Å². The van der Waals surface area contributed by atoms with Crippen LogP contribution in [0.15, 0.2) is 47.0 Å². The van der Waals surface area contributed by atoms with Crippen LogP contribution in [0.4, 0.5) is 14.5 Å². The zero-order chi connectivity index (χ0) is 18.3. The lowest BCUT2D eigenvalue weighted by Crippen LogP contribution is -2.25. The summed E-state index contributed by atoms with van der Waals surface area (Å²) in [4.78, 5) is 18.0. The van der Waals surface area contributed by atoms with Crippen LogP contribution in [0.3, 0.4) is 0 Å². The normalized spacial score (nSPS) is 17.1. The van der Waals surface area contributed by atoms with Crippen LogP contribution in [0.25, 0.3) is 11.5 Å². The first-order valence-corrected chi connectivity index (χ1v) is 8.24. The summed E-state index contributed by atoms with van der Waals surface area (Å²) < 4.78 is 32.3. The fraction of sp³-hybridized carbons (Fsp3) is 0.167. The van der Waals surface area contributed by atoms with E-state index in [2.05, 4.69) is 10.1 Å². The minimum absolute atomic E-state index is 0.132. The summed E-state index contributed by atoms with van der Waals surface area (Å²) in [6.07, 6.45) is 0.133. The Kier molecular flexibility index (Phi) is 4.16. The monoisotopic (exact) mass is 375 g/mol. The first kappa shape index (κ1) is 16.7. The molecule has 2 aromatic carbocycles. The Morgan fingerprint density at radius 2 is 1.92 bits per heavy atom. The molecule has 132 valence electrons. The maximum atomic E-state index is 14.0. The first-order valence-electron chi connectivity index (χ1n) is 7.86. The number of benzene rings is 2. The summed E-state index contributed by atoms with van der Waals surface area (Å²) in [5.74, 6) is -0.886. The van der Waals surface area contributed by atoms with Crippen LogP contribution in [0.5, 0.6) is 0 Å². The lowest BCUT2D eigenvalue weighted by atomic mass is 10.1. The number of carbonyl (C=O) groups excluding carboxylic acids is 1. The smallest absolute Gasteiger partial charge is 0.257 e. The molecule has 1 fully saturated rings. The molecule has 1 saturated heterocycles. The van der Waals surface area contributed by atoms with Crippen molar-refractivity contribution < 1.29 is 18.1 Å². The molecule has 1 atom stereocenters. The van der Waals surface area contributed by atoms with Crippen LogP contribution in [0.2, 0.25) is 5.02 Å². The van der Waals surface area contributed by atoms with Crippen molar-refractivity contribution in [2.45, 2.75) is 12.3 Å². The molecular formula is C18H12ClF2N3O2. The average Bonchev–Trinajstić information content (AvgIpc) is 3.25. The lowest BCUT2D eigenvalue weighted by molar-refractivity contribution is -0.117. The number of rotatable bonds is 3. The maximum Gasteiger partial charge on any atom is 0.257 e. The van der Waals surface area contributed by atoms with Gasteiger partial charge in [-0.25, -0.2) is 8.78 Å². The summed E-state index contributed by atoms with van der Waals surface area (Å²) in [5, 5.41) is 4.26. The van der Waals surface area contributed by atoms with Crippen LogP contribution in [0.1, 0.15) is 18.2 Å². The van der Waals surface area contributed by atoms with Gasteiger partial charge in [-0.1, -0.05) is 16.8 Å². The highest BCUT2D eigenvalue weighted by Gasteiger charge is 2.35. The molecule has 0 spiro atoms. The molecule has 8 heteroatoms. The molecule has 1 aliphatic heterocycles. The van der Waals surface area contributed by atoms with Crippen molar-refractivity contribution >= 4 is 23.2 Å². The van der Waals surface area contributed by atoms with Gasteiger partial charge in [0.2, 0.25) is 5.91 Å². The van der Waals surface area contributed by atoms with Gasteiger partial charge in [0, 0.05) is 29.5 Å². The Morgan fingerprint density at radius 3 is 2.69 bits per heavy atom. The molecule has 0 saturated carbocycles. The van der Waals surface area contributed by atoms with Crippen LogP contribution in [0, 0.1) is 11.6 Å². The third kappa shape index (κ3) is 3.06. The van der Waals surface area contributed by atoms with Gasteiger partial charge in [0.05, 0.1) is 5.69 Å². The van der Waals surface area contributed by atoms with Gasteiger partial charge in [0.15, 0.2) is 5.82 Å². The van der Waals surface area contributed by atoms with E-state index in [4.69, 9.17) is 16.1 Å². The largest absolute Gasteiger partial charge is 0.334 e. The molecule has 26 heavy (non-hydrogen) atoms. The van der Waals surface area contributed by atoms with Crippen molar-refractivity contribution in [3.8, 4) is 11.5 Å². The van der Waals surface area contributed by atoms with E-state index in [-0.39, 0.29) is 42.2 Å². The quantitative estimate of drug-likeness (QED) is 0.688. The number of aromatic nitrogens is 2. The van der Waals surface area contributed by atoms with Gasteiger partial charge in [-0.15, -0.1) is 0 Å². The number of carbonyl (C=O) groups is 1. The molecule has 0 bridgehead atoms. The predicted molar refractivity (Wildman–Crippen MR) is 90.8 cm³/mol. The van der Waals surface area contributed by atoms with Gasteiger partial charge in [0.1, 0.15) is 11.6 Å². The number of hydrogen-bond acceptors (Lipinski definition) is 4. The first-order chi connectivity index (χ1) is 12.5. The highest BCUT2D eigenvalue weighted by molar-refractivity contribution is 6.31. The second kappa shape index (κ2) is 6.49. The Bertz CT molecular complexity index is 975. The van der Waals surface area contributed by atoms with Gasteiger partial charge < -0.3 is 9.42 Å². The van der Waals surface area contributed by atoms with Gasteiger partial charge in [0.25, 0.3) is 5.89 Å². The summed E-state index contributed by atoms with van der Waals surface area (Å²) >= 11 is 5.91. The maximum absolute atomic E-state index is 14.0. The molecule has 0 N–H and O–H groups in total. The fourth-order valence-electron chi connectivity index (χ4n) is 2.92. The van der Waals surface area contributed by atoms with E-state index in [9.17, 15) is 13.6 Å². The average molecular weight is 376 g/mol. The third-order valence-corrected chi connectivity index (χ3v) is 4.46. The van der Waals surface area contributed by atoms with Crippen molar-refractivity contribution in [3.05, 3.63) is 64.9 Å². The van der Waals surface area contributed by atoms with E-state index in [0.29, 0.717) is 16.4 Å². The third-order valence-electron chi connectivity index (χ3n) is 4.22. The molecule has 1 aromatic heterocycles. The number of nitrogens with zero attached hydrogens (tertiary/aromatic N) is 3. The molecule has 3 aromatic rings. The van der Waals surface area contributed by atoms with Crippen molar-refractivity contribution in [3.63, 3.8) is 0 Å². The molecule has 1 aliphatic rings. The van der Waals surface area contributed by atoms with E-state index in [1.165, 1.54) is 47.4 Å². The zero-order valence-corrected chi connectivity index (χ0v) is 14.1. The van der Waals surface area contributed by atoms with Crippen LogP contribution in [-0.2, 0) is 4.79 Å². The van der Waals surface area contributed by atoms with Crippen LogP contribution in [-0.4, -0.2) is 22.6 Å². The van der Waals surface area contributed by atoms with E-state index in [1.54, 1.807) is 0 Å². The Hall–Kier alpha value is -2.80. The molecule has 1 unspecified atom stereocenters. The Labute approximate surface area is 152 Å². The number of halogens is 3. The predicted octanol–water partition coefficient (Wildman–Crippen LogP) is 4.19. The van der Waals surface area contributed by atoms with Gasteiger partial charge in [-0.2, -0.15) is 4.98 Å². The van der Waals surface area contributed by atoms with E-state index in [1.807, 2.05) is 0 Å². The second-order valence-corrected chi connectivity index (χ2v) is 6.40. The minimum Gasteiger partial charge on any atom is -0.334 e. The molecule has 0 aliphatic carbocycles. The van der Waals surface area contributed by atoms with Crippen LogP contribution >= 0.6 is 11.6 Å². The summed E-state index contributed by atoms with van der Waals surface area (Å²) in [7, 11) is 0. The standard InChI is InChI=1S/C18H12ClF2N3O2/c19-12-3-6-14(21)15(8-12)24-9-11(7-16(24)25)17-22-18(26-23-17)10-1-4-13(20)5-2-10/h1-6,8,11H,7,9H2. The highest BCUT2D eigenvalue weighted by Crippen LogP contribution is 2.34. The molecule has 5 nitrogen and oxygen atoms in total. The van der Waals surface area contributed by atoms with Gasteiger partial charge >= 0.3 is 0 Å². The second-order valence-electron chi connectivity index (χ2n) is 5.97. The molecule has 0 radical (unpaired) electrons. The fourth-order valence-corrected chi connectivity index (χ4v) is 3.08. The summed E-state index contributed by atoms with van der Waals surface area (Å²) in [6.45, 7) is 0.221. The number of hydrogen-bond donors (Lipinski definition) is 0.